The summed E-state index contributed by atoms with van der Waals surface area (Å²) in [6.45, 7) is 2.37. The number of carbonyl (C=O) groups is 1. The first-order valence-electron chi connectivity index (χ1n) is 6.29. The van der Waals surface area contributed by atoms with Crippen molar-refractivity contribution in [2.24, 2.45) is 0 Å². The fourth-order valence-electron chi connectivity index (χ4n) is 1.63. The number of para-hydroxylation sites is 1. The molecule has 106 valence electrons. The topological polar surface area (TPSA) is 87.6 Å². The molecule has 6 nitrogen and oxygen atoms in total. The van der Waals surface area contributed by atoms with Gasteiger partial charge in [0.2, 0.25) is 0 Å². The van der Waals surface area contributed by atoms with Crippen molar-refractivity contribution in [3.8, 4) is 6.08 Å². The van der Waals surface area contributed by atoms with E-state index in [1.165, 1.54) is 6.26 Å². The fraction of sp³-hybridized carbons (Fsp3) is 0.286. The number of hydrogen-bond acceptors (Lipinski definition) is 6. The normalized spacial score (nSPS) is 10.2. The van der Waals surface area contributed by atoms with E-state index in [4.69, 9.17) is 19.6 Å². The second-order valence-corrected chi connectivity index (χ2v) is 4.02. The number of aromatic nitrogens is 1. The molecule has 0 radical (unpaired) electrons. The van der Waals surface area contributed by atoms with Crippen molar-refractivity contribution < 1.29 is 18.7 Å². The first-order valence-corrected chi connectivity index (χ1v) is 6.29. The van der Waals surface area contributed by atoms with E-state index in [9.17, 15) is 4.79 Å². The lowest BCUT2D eigenvalue weighted by molar-refractivity contribution is 0.0519. The van der Waals surface area contributed by atoms with Crippen LogP contribution in [0.15, 0.2) is 34.9 Å². The molecule has 0 aliphatic heterocycles. The Balaban J connectivity index is 1.86. The Morgan fingerprint density at radius 1 is 1.40 bits per heavy atom. The van der Waals surface area contributed by atoms with Gasteiger partial charge < -0.3 is 19.6 Å². The maximum absolute atomic E-state index is 11.4. The minimum absolute atomic E-state index is 0.0440. The molecule has 2 aromatic rings. The number of anilines is 1. The highest BCUT2D eigenvalue weighted by atomic mass is 16.6. The largest absolute Gasteiger partial charge is 0.461 e. The molecule has 0 fully saturated rings. The van der Waals surface area contributed by atoms with Gasteiger partial charge in [-0.1, -0.05) is 18.2 Å². The number of nitrogen functional groups attached to an aromatic ring is 1. The van der Waals surface area contributed by atoms with Crippen LogP contribution in [-0.2, 0) is 11.2 Å². The Morgan fingerprint density at radius 3 is 2.95 bits per heavy atom. The number of esters is 1. The second kappa shape index (κ2) is 6.60. The molecule has 1 heterocycles. The quantitative estimate of drug-likeness (QED) is 0.641. The highest BCUT2D eigenvalue weighted by Crippen LogP contribution is 2.14. The summed E-state index contributed by atoms with van der Waals surface area (Å²) in [5.41, 5.74) is 7.63. The first-order chi connectivity index (χ1) is 9.70. The van der Waals surface area contributed by atoms with Crippen LogP contribution in [0.1, 0.15) is 23.0 Å². The molecule has 0 amide bonds. The van der Waals surface area contributed by atoms with Crippen molar-refractivity contribution in [1.82, 2.24) is 4.98 Å². The minimum atomic E-state index is -0.529. The van der Waals surface area contributed by atoms with Crippen LogP contribution in [-0.4, -0.2) is 24.2 Å². The molecular weight excluding hydrogens is 260 g/mol. The second-order valence-electron chi connectivity index (χ2n) is 4.02. The summed E-state index contributed by atoms with van der Waals surface area (Å²) in [5.74, 6) is -0.529. The van der Waals surface area contributed by atoms with E-state index in [1.54, 1.807) is 6.92 Å². The standard InChI is InChI=1S/C14H16N2O4/c1-2-18-13(17)12-9-20-14(16-12)19-8-7-10-5-3-4-6-11(10)15/h3-6,9H,2,7-8,15H2,1H3. The van der Waals surface area contributed by atoms with Crippen LogP contribution in [0.3, 0.4) is 0 Å². The molecule has 0 aliphatic carbocycles. The molecule has 1 aromatic carbocycles. The zero-order valence-electron chi connectivity index (χ0n) is 11.2. The molecule has 0 spiro atoms. The lowest BCUT2D eigenvalue weighted by Crippen LogP contribution is -2.06. The number of hydrogen-bond donors (Lipinski definition) is 1. The summed E-state index contributed by atoms with van der Waals surface area (Å²) in [6.07, 6.45) is 1.89. The van der Waals surface area contributed by atoms with Gasteiger partial charge in [-0.15, -0.1) is 0 Å². The Hall–Kier alpha value is -2.50. The smallest absolute Gasteiger partial charge is 0.394 e. The van der Waals surface area contributed by atoms with Crippen LogP contribution in [0.2, 0.25) is 0 Å². The number of oxazole rings is 1. The number of carbonyl (C=O) groups excluding carboxylic acids is 1. The molecule has 20 heavy (non-hydrogen) atoms. The molecule has 2 rings (SSSR count). The number of benzene rings is 1. The van der Waals surface area contributed by atoms with Gasteiger partial charge in [0.05, 0.1) is 13.2 Å². The summed E-state index contributed by atoms with van der Waals surface area (Å²) in [7, 11) is 0. The highest BCUT2D eigenvalue weighted by molar-refractivity contribution is 5.86. The monoisotopic (exact) mass is 276 g/mol. The van der Waals surface area contributed by atoms with Gasteiger partial charge in [0, 0.05) is 12.1 Å². The van der Waals surface area contributed by atoms with Gasteiger partial charge in [0.15, 0.2) is 5.69 Å². The average Bonchev–Trinajstić information content (AvgIpc) is 2.90. The fourth-order valence-corrected chi connectivity index (χ4v) is 1.63. The van der Waals surface area contributed by atoms with Crippen LogP contribution in [0.5, 0.6) is 6.08 Å². The number of nitrogens with two attached hydrogens (primary N) is 1. The van der Waals surface area contributed by atoms with E-state index >= 15 is 0 Å². The third kappa shape index (κ3) is 3.50. The van der Waals surface area contributed by atoms with Crippen molar-refractivity contribution >= 4 is 11.7 Å². The maximum atomic E-state index is 11.4. The third-order valence-electron chi connectivity index (χ3n) is 2.62. The highest BCUT2D eigenvalue weighted by Gasteiger charge is 2.13. The Kier molecular flexibility index (Phi) is 4.60. The minimum Gasteiger partial charge on any atom is -0.461 e. The van der Waals surface area contributed by atoms with Gasteiger partial charge in [-0.2, -0.15) is 4.98 Å². The number of nitrogens with zero attached hydrogens (tertiary/aromatic N) is 1. The van der Waals surface area contributed by atoms with Crippen molar-refractivity contribution in [2.75, 3.05) is 18.9 Å². The molecule has 2 N–H and O–H groups in total. The van der Waals surface area contributed by atoms with Crippen LogP contribution in [0, 0.1) is 0 Å². The zero-order valence-corrected chi connectivity index (χ0v) is 11.2. The SMILES string of the molecule is CCOC(=O)c1coc(OCCc2ccccc2N)n1. The van der Waals surface area contributed by atoms with Gasteiger partial charge in [-0.3, -0.25) is 0 Å². The van der Waals surface area contributed by atoms with Crippen molar-refractivity contribution in [1.29, 1.82) is 0 Å². The maximum Gasteiger partial charge on any atom is 0.394 e. The van der Waals surface area contributed by atoms with Crippen LogP contribution in [0.4, 0.5) is 5.69 Å². The predicted molar refractivity (Wildman–Crippen MR) is 72.5 cm³/mol. The van der Waals surface area contributed by atoms with Crippen LogP contribution < -0.4 is 10.5 Å². The lowest BCUT2D eigenvalue weighted by Gasteiger charge is -2.04. The van der Waals surface area contributed by atoms with Crippen LogP contribution >= 0.6 is 0 Å². The van der Waals surface area contributed by atoms with E-state index in [1.807, 2.05) is 24.3 Å². The van der Waals surface area contributed by atoms with Crippen LogP contribution in [0.25, 0.3) is 0 Å². The molecule has 0 unspecified atom stereocenters. The molecular formula is C14H16N2O4. The molecule has 1 aromatic heterocycles. The summed E-state index contributed by atoms with van der Waals surface area (Å²) >= 11 is 0. The number of rotatable bonds is 6. The summed E-state index contributed by atoms with van der Waals surface area (Å²) < 4.78 is 15.2. The molecule has 0 bridgehead atoms. The third-order valence-corrected chi connectivity index (χ3v) is 2.62. The van der Waals surface area contributed by atoms with Crippen molar-refractivity contribution in [2.45, 2.75) is 13.3 Å². The van der Waals surface area contributed by atoms with E-state index in [0.29, 0.717) is 13.0 Å². The molecule has 0 aliphatic rings. The molecule has 0 atom stereocenters. The van der Waals surface area contributed by atoms with Gasteiger partial charge >= 0.3 is 12.0 Å². The summed E-state index contributed by atoms with van der Waals surface area (Å²) in [6, 6.07) is 7.55. The van der Waals surface area contributed by atoms with Gasteiger partial charge in [0.1, 0.15) is 6.26 Å². The van der Waals surface area contributed by atoms with Gasteiger partial charge in [0.25, 0.3) is 0 Å². The Morgan fingerprint density at radius 2 is 2.20 bits per heavy atom. The van der Waals surface area contributed by atoms with Crippen molar-refractivity contribution in [3.63, 3.8) is 0 Å². The van der Waals surface area contributed by atoms with Gasteiger partial charge in [-0.25, -0.2) is 4.79 Å². The summed E-state index contributed by atoms with van der Waals surface area (Å²) in [5, 5.41) is 0. The Bertz CT molecular complexity index is 580. The molecule has 0 saturated heterocycles. The van der Waals surface area contributed by atoms with E-state index in [-0.39, 0.29) is 18.4 Å². The predicted octanol–water partition coefficient (Wildman–Crippen LogP) is 2.06. The Labute approximate surface area is 116 Å². The lowest BCUT2D eigenvalue weighted by atomic mass is 10.1. The van der Waals surface area contributed by atoms with Gasteiger partial charge in [-0.05, 0) is 18.6 Å². The van der Waals surface area contributed by atoms with E-state index < -0.39 is 5.97 Å². The first kappa shape index (κ1) is 13.9. The van der Waals surface area contributed by atoms with E-state index in [0.717, 1.165) is 11.3 Å². The average molecular weight is 276 g/mol. The molecule has 0 saturated carbocycles. The molecule has 6 heteroatoms. The summed E-state index contributed by atoms with van der Waals surface area (Å²) in [4.78, 5) is 15.3. The zero-order chi connectivity index (χ0) is 14.4. The van der Waals surface area contributed by atoms with Crippen molar-refractivity contribution in [3.05, 3.63) is 41.8 Å². The number of ether oxygens (including phenoxy) is 2. The van der Waals surface area contributed by atoms with E-state index in [2.05, 4.69) is 4.98 Å².